The lowest BCUT2D eigenvalue weighted by atomic mass is 10.1. The summed E-state index contributed by atoms with van der Waals surface area (Å²) in [6.45, 7) is 5.92. The van der Waals surface area contributed by atoms with E-state index in [1.807, 2.05) is 20.8 Å². The standard InChI is InChI=1S/C20H25N7O5S/c1-11(2)12(3)24-19-15(18(22)29)9-23-20(27-19)25-14-5-4-13(10-33(30,31)32)16(8-14)26-17(28)6-7-21/h4-5,8-9,11-12H,6,10H2,1-3H3,(H2,22,29)(H,26,28)(H,30,31,32)(H2,23,24,25,27)/t12-/m1/s1. The summed E-state index contributed by atoms with van der Waals surface area (Å²) in [6, 6.07) is 5.96. The lowest BCUT2D eigenvalue weighted by Gasteiger charge is -2.20. The number of rotatable bonds is 10. The maximum atomic E-state index is 11.9. The molecule has 1 aromatic carbocycles. The number of benzene rings is 1. The third-order valence-corrected chi connectivity index (χ3v) is 5.31. The van der Waals surface area contributed by atoms with Crippen LogP contribution >= 0.6 is 0 Å². The van der Waals surface area contributed by atoms with Crippen LogP contribution in [-0.4, -0.2) is 40.8 Å². The quantitative estimate of drug-likeness (QED) is 0.316. The summed E-state index contributed by atoms with van der Waals surface area (Å²) in [7, 11) is -4.37. The summed E-state index contributed by atoms with van der Waals surface area (Å²) in [5.41, 5.74) is 6.10. The van der Waals surface area contributed by atoms with Gasteiger partial charge in [0.2, 0.25) is 11.9 Å². The third kappa shape index (κ3) is 7.70. The Kier molecular flexibility index (Phi) is 8.27. The van der Waals surface area contributed by atoms with Gasteiger partial charge in [-0.1, -0.05) is 19.9 Å². The van der Waals surface area contributed by atoms with Gasteiger partial charge in [-0.15, -0.1) is 0 Å². The molecule has 2 amide bonds. The smallest absolute Gasteiger partial charge is 0.269 e. The minimum Gasteiger partial charge on any atom is -0.367 e. The Hall–Kier alpha value is -3.76. The number of nitrogens with one attached hydrogen (secondary N) is 3. The molecule has 13 heteroatoms. The van der Waals surface area contributed by atoms with Crippen LogP contribution in [0.15, 0.2) is 24.4 Å². The second kappa shape index (κ2) is 10.7. The van der Waals surface area contributed by atoms with Gasteiger partial charge in [-0.25, -0.2) is 4.98 Å². The number of nitriles is 1. The van der Waals surface area contributed by atoms with E-state index in [0.717, 1.165) is 0 Å². The number of hydrogen-bond donors (Lipinski definition) is 5. The average molecular weight is 476 g/mol. The highest BCUT2D eigenvalue weighted by atomic mass is 32.2. The first-order valence-corrected chi connectivity index (χ1v) is 11.5. The number of primary amides is 1. The maximum absolute atomic E-state index is 11.9. The number of amides is 2. The van der Waals surface area contributed by atoms with Crippen molar-refractivity contribution in [2.24, 2.45) is 11.7 Å². The van der Waals surface area contributed by atoms with Gasteiger partial charge in [0.15, 0.2) is 0 Å². The molecule has 0 unspecified atom stereocenters. The topological polar surface area (TPSA) is 200 Å². The Balaban J connectivity index is 2.39. The zero-order valence-corrected chi connectivity index (χ0v) is 19.1. The average Bonchev–Trinajstić information content (AvgIpc) is 2.69. The van der Waals surface area contributed by atoms with E-state index in [2.05, 4.69) is 25.9 Å². The van der Waals surface area contributed by atoms with E-state index in [4.69, 9.17) is 11.0 Å². The van der Waals surface area contributed by atoms with Crippen molar-refractivity contribution in [3.05, 3.63) is 35.5 Å². The molecule has 12 nitrogen and oxygen atoms in total. The highest BCUT2D eigenvalue weighted by Gasteiger charge is 2.17. The van der Waals surface area contributed by atoms with Crippen LogP contribution in [0, 0.1) is 17.2 Å². The number of anilines is 4. The van der Waals surface area contributed by atoms with Crippen LogP contribution in [-0.2, 0) is 20.7 Å². The monoisotopic (exact) mass is 475 g/mol. The van der Waals surface area contributed by atoms with Crippen molar-refractivity contribution >= 4 is 45.1 Å². The van der Waals surface area contributed by atoms with Gasteiger partial charge in [-0.2, -0.15) is 18.7 Å². The molecule has 33 heavy (non-hydrogen) atoms. The van der Waals surface area contributed by atoms with E-state index in [1.54, 1.807) is 6.07 Å². The number of aromatic nitrogens is 2. The van der Waals surface area contributed by atoms with E-state index in [1.165, 1.54) is 24.4 Å². The number of carbonyl (C=O) groups is 2. The summed E-state index contributed by atoms with van der Waals surface area (Å²) < 4.78 is 31.8. The molecular weight excluding hydrogens is 450 g/mol. The molecule has 1 atom stereocenters. The van der Waals surface area contributed by atoms with Gasteiger partial charge < -0.3 is 21.7 Å². The Bertz CT molecular complexity index is 1190. The molecule has 0 saturated heterocycles. The Morgan fingerprint density at radius 2 is 1.97 bits per heavy atom. The van der Waals surface area contributed by atoms with E-state index in [0.29, 0.717) is 5.69 Å². The Morgan fingerprint density at radius 3 is 2.55 bits per heavy atom. The van der Waals surface area contributed by atoms with E-state index >= 15 is 0 Å². The molecule has 0 saturated carbocycles. The van der Waals surface area contributed by atoms with Gasteiger partial charge in [0.25, 0.3) is 16.0 Å². The van der Waals surface area contributed by atoms with Crippen LogP contribution in [0.2, 0.25) is 0 Å². The molecule has 6 N–H and O–H groups in total. The van der Waals surface area contributed by atoms with Crippen molar-refractivity contribution in [1.82, 2.24) is 9.97 Å². The zero-order chi connectivity index (χ0) is 24.8. The second-order valence-corrected chi connectivity index (χ2v) is 9.06. The fourth-order valence-electron chi connectivity index (χ4n) is 2.60. The highest BCUT2D eigenvalue weighted by molar-refractivity contribution is 7.85. The van der Waals surface area contributed by atoms with Crippen LogP contribution in [0.3, 0.4) is 0 Å². The minimum absolute atomic E-state index is 0.0208. The van der Waals surface area contributed by atoms with Crippen molar-refractivity contribution in [1.29, 1.82) is 5.26 Å². The molecule has 0 aliphatic heterocycles. The van der Waals surface area contributed by atoms with Gasteiger partial charge in [0.05, 0.1) is 11.6 Å². The second-order valence-electron chi connectivity index (χ2n) is 7.60. The molecule has 0 fully saturated rings. The van der Waals surface area contributed by atoms with E-state index in [-0.39, 0.29) is 40.5 Å². The number of hydrogen-bond acceptors (Lipinski definition) is 9. The van der Waals surface area contributed by atoms with Crippen LogP contribution in [0.1, 0.15) is 43.1 Å². The molecule has 0 spiro atoms. The number of carbonyl (C=O) groups excluding carboxylic acids is 2. The maximum Gasteiger partial charge on any atom is 0.269 e. The summed E-state index contributed by atoms with van der Waals surface area (Å²) in [4.78, 5) is 32.0. The van der Waals surface area contributed by atoms with Crippen molar-refractivity contribution < 1.29 is 22.6 Å². The zero-order valence-electron chi connectivity index (χ0n) is 18.3. The Labute approximate surface area is 191 Å². The van der Waals surface area contributed by atoms with E-state index < -0.39 is 34.1 Å². The Morgan fingerprint density at radius 1 is 1.27 bits per heavy atom. The van der Waals surface area contributed by atoms with Crippen LogP contribution < -0.4 is 21.7 Å². The molecular formula is C20H25N7O5S. The van der Waals surface area contributed by atoms with Crippen molar-refractivity contribution in [2.75, 3.05) is 16.0 Å². The number of nitrogens with zero attached hydrogens (tertiary/aromatic N) is 3. The van der Waals surface area contributed by atoms with Gasteiger partial charge in [0.1, 0.15) is 18.0 Å². The molecule has 0 bridgehead atoms. The molecule has 0 aliphatic carbocycles. The van der Waals surface area contributed by atoms with Gasteiger partial charge in [0, 0.05) is 23.6 Å². The molecule has 0 aliphatic rings. The van der Waals surface area contributed by atoms with Crippen LogP contribution in [0.25, 0.3) is 0 Å². The lowest BCUT2D eigenvalue weighted by molar-refractivity contribution is -0.115. The first-order chi connectivity index (χ1) is 15.4. The molecule has 2 aromatic rings. The van der Waals surface area contributed by atoms with Crippen molar-refractivity contribution in [3.63, 3.8) is 0 Å². The van der Waals surface area contributed by atoms with E-state index in [9.17, 15) is 22.6 Å². The van der Waals surface area contributed by atoms with Crippen molar-refractivity contribution in [3.8, 4) is 6.07 Å². The SMILES string of the molecule is CC(C)[C@@H](C)Nc1nc(Nc2ccc(CS(=O)(=O)O)c(NC(=O)CC#N)c2)ncc1C(N)=O. The van der Waals surface area contributed by atoms with Crippen LogP contribution in [0.5, 0.6) is 0 Å². The normalized spacial score (nSPS) is 12.0. The minimum atomic E-state index is -4.37. The van der Waals surface area contributed by atoms with Gasteiger partial charge in [-0.05, 0) is 30.5 Å². The molecule has 0 radical (unpaired) electrons. The van der Waals surface area contributed by atoms with Crippen LogP contribution in [0.4, 0.5) is 23.1 Å². The van der Waals surface area contributed by atoms with Gasteiger partial charge >= 0.3 is 0 Å². The molecule has 1 aromatic heterocycles. The lowest BCUT2D eigenvalue weighted by Crippen LogP contribution is -2.25. The first kappa shape index (κ1) is 25.5. The third-order valence-electron chi connectivity index (χ3n) is 4.64. The molecule has 1 heterocycles. The first-order valence-electron chi connectivity index (χ1n) is 9.85. The number of nitrogens with two attached hydrogens (primary N) is 1. The summed E-state index contributed by atoms with van der Waals surface area (Å²) in [5, 5.41) is 17.2. The summed E-state index contributed by atoms with van der Waals surface area (Å²) in [5.74, 6) is -1.49. The fraction of sp³-hybridized carbons (Fsp3) is 0.350. The van der Waals surface area contributed by atoms with Gasteiger partial charge in [-0.3, -0.25) is 14.1 Å². The van der Waals surface area contributed by atoms with Crippen molar-refractivity contribution in [2.45, 2.75) is 39.0 Å². The molecule has 2 rings (SSSR count). The highest BCUT2D eigenvalue weighted by Crippen LogP contribution is 2.26. The summed E-state index contributed by atoms with van der Waals surface area (Å²) in [6.07, 6.45) is 0.832. The predicted molar refractivity (Wildman–Crippen MR) is 122 cm³/mol. The largest absolute Gasteiger partial charge is 0.367 e. The molecule has 176 valence electrons. The predicted octanol–water partition coefficient (Wildman–Crippen LogP) is 2.02. The summed E-state index contributed by atoms with van der Waals surface area (Å²) >= 11 is 0. The fourth-order valence-corrected chi connectivity index (χ4v) is 3.25.